The summed E-state index contributed by atoms with van der Waals surface area (Å²) in [5.41, 5.74) is 2.63. The number of carbonyl (C=O) groups is 2. The average molecular weight is 531 g/mol. The molecule has 1 heterocycles. The molecule has 0 spiro atoms. The molecular weight excluding hydrogens is 506 g/mol. The predicted octanol–water partition coefficient (Wildman–Crippen LogP) is 6.82. The Hall–Kier alpha value is -2.16. The Balaban J connectivity index is 1.28. The molecule has 1 fully saturated rings. The van der Waals surface area contributed by atoms with Crippen molar-refractivity contribution in [3.05, 3.63) is 58.4 Å². The molecule has 2 amide bonds. The second-order valence-corrected chi connectivity index (χ2v) is 10.6. The molecule has 5 nitrogen and oxygen atoms in total. The van der Waals surface area contributed by atoms with E-state index in [1.807, 2.05) is 53.9 Å². The molecule has 1 saturated carbocycles. The van der Waals surface area contributed by atoms with E-state index in [-0.39, 0.29) is 23.5 Å². The van der Waals surface area contributed by atoms with Gasteiger partial charge in [-0.05, 0) is 43.2 Å². The van der Waals surface area contributed by atoms with Gasteiger partial charge in [0.2, 0.25) is 11.8 Å². The molecule has 4 rings (SSSR count). The van der Waals surface area contributed by atoms with Gasteiger partial charge in [0.05, 0.1) is 11.4 Å². The van der Waals surface area contributed by atoms with E-state index in [2.05, 4.69) is 31.5 Å². The third-order valence-electron chi connectivity index (χ3n) is 5.34. The van der Waals surface area contributed by atoms with Gasteiger partial charge in [-0.3, -0.25) is 9.59 Å². The first-order valence-corrected chi connectivity index (χ1v) is 13.3. The average Bonchev–Trinajstić information content (AvgIpc) is 3.27. The second-order valence-electron chi connectivity index (χ2n) is 7.73. The number of rotatable bonds is 7. The number of aromatic nitrogens is 1. The van der Waals surface area contributed by atoms with Crippen LogP contribution in [0.3, 0.4) is 0 Å². The SMILES string of the molecule is O=C(CSc1cccc(NC(=O)C2CCCCC2)c1)Nc1nc(-c2ccc(Br)cc2)cs1. The van der Waals surface area contributed by atoms with E-state index in [0.717, 1.165) is 52.0 Å². The molecule has 0 radical (unpaired) electrons. The topological polar surface area (TPSA) is 71.1 Å². The zero-order chi connectivity index (χ0) is 22.3. The molecule has 166 valence electrons. The minimum atomic E-state index is -0.108. The number of benzene rings is 2. The number of thioether (sulfide) groups is 1. The summed E-state index contributed by atoms with van der Waals surface area (Å²) in [5.74, 6) is 0.387. The highest BCUT2D eigenvalue weighted by Gasteiger charge is 2.21. The molecule has 3 aromatic rings. The van der Waals surface area contributed by atoms with E-state index in [4.69, 9.17) is 0 Å². The van der Waals surface area contributed by atoms with E-state index in [1.54, 1.807) is 0 Å². The zero-order valence-electron chi connectivity index (χ0n) is 17.5. The van der Waals surface area contributed by atoms with Gasteiger partial charge in [0.15, 0.2) is 5.13 Å². The molecule has 0 atom stereocenters. The highest BCUT2D eigenvalue weighted by molar-refractivity contribution is 9.10. The third-order valence-corrected chi connectivity index (χ3v) is 7.62. The fraction of sp³-hybridized carbons (Fsp3) is 0.292. The van der Waals surface area contributed by atoms with E-state index in [9.17, 15) is 9.59 Å². The van der Waals surface area contributed by atoms with Gasteiger partial charge in [0, 0.05) is 31.9 Å². The van der Waals surface area contributed by atoms with Crippen molar-refractivity contribution in [1.82, 2.24) is 4.98 Å². The van der Waals surface area contributed by atoms with Crippen molar-refractivity contribution in [1.29, 1.82) is 0 Å². The molecule has 8 heteroatoms. The Morgan fingerprint density at radius 1 is 1.06 bits per heavy atom. The number of halogens is 1. The van der Waals surface area contributed by atoms with E-state index >= 15 is 0 Å². The lowest BCUT2D eigenvalue weighted by Gasteiger charge is -2.20. The largest absolute Gasteiger partial charge is 0.326 e. The molecule has 0 aliphatic heterocycles. The molecular formula is C24H24BrN3O2S2. The second kappa shape index (κ2) is 11.1. The number of thiazole rings is 1. The molecule has 32 heavy (non-hydrogen) atoms. The Labute approximate surface area is 204 Å². The van der Waals surface area contributed by atoms with Crippen molar-refractivity contribution in [2.75, 3.05) is 16.4 Å². The van der Waals surface area contributed by atoms with E-state index in [0.29, 0.717) is 5.13 Å². The monoisotopic (exact) mass is 529 g/mol. The van der Waals surface area contributed by atoms with Crippen molar-refractivity contribution in [2.45, 2.75) is 37.0 Å². The van der Waals surface area contributed by atoms with Crippen molar-refractivity contribution in [3.63, 3.8) is 0 Å². The van der Waals surface area contributed by atoms with Gasteiger partial charge in [0.25, 0.3) is 0 Å². The van der Waals surface area contributed by atoms with Crippen LogP contribution in [0.5, 0.6) is 0 Å². The maximum atomic E-state index is 12.5. The fourth-order valence-electron chi connectivity index (χ4n) is 3.66. The van der Waals surface area contributed by atoms with Gasteiger partial charge in [-0.25, -0.2) is 4.98 Å². The molecule has 1 aliphatic rings. The third kappa shape index (κ3) is 6.43. The number of nitrogens with one attached hydrogen (secondary N) is 2. The normalized spacial score (nSPS) is 14.2. The summed E-state index contributed by atoms with van der Waals surface area (Å²) in [6.07, 6.45) is 5.44. The number of nitrogens with zero attached hydrogens (tertiary/aromatic N) is 1. The summed E-state index contributed by atoms with van der Waals surface area (Å²) in [4.78, 5) is 30.3. The van der Waals surface area contributed by atoms with Crippen LogP contribution < -0.4 is 10.6 Å². The van der Waals surface area contributed by atoms with Crippen LogP contribution in [0.4, 0.5) is 10.8 Å². The number of anilines is 2. The van der Waals surface area contributed by atoms with Crippen LogP contribution in [0.1, 0.15) is 32.1 Å². The lowest BCUT2D eigenvalue weighted by atomic mass is 9.88. The zero-order valence-corrected chi connectivity index (χ0v) is 20.7. The molecule has 0 bridgehead atoms. The van der Waals surface area contributed by atoms with Crippen LogP contribution in [0.15, 0.2) is 63.3 Å². The maximum absolute atomic E-state index is 12.5. The molecule has 0 saturated heterocycles. The van der Waals surface area contributed by atoms with Crippen LogP contribution in [0.2, 0.25) is 0 Å². The lowest BCUT2D eigenvalue weighted by molar-refractivity contribution is -0.120. The summed E-state index contributed by atoms with van der Waals surface area (Å²) in [6, 6.07) is 15.6. The highest BCUT2D eigenvalue weighted by atomic mass is 79.9. The van der Waals surface area contributed by atoms with Crippen LogP contribution in [-0.4, -0.2) is 22.6 Å². The fourth-order valence-corrected chi connectivity index (χ4v) is 5.42. The van der Waals surface area contributed by atoms with Crippen LogP contribution in [0, 0.1) is 5.92 Å². The Morgan fingerprint density at radius 2 is 1.84 bits per heavy atom. The number of amides is 2. The van der Waals surface area contributed by atoms with E-state index < -0.39 is 0 Å². The smallest absolute Gasteiger partial charge is 0.236 e. The van der Waals surface area contributed by atoms with Gasteiger partial charge in [-0.2, -0.15) is 0 Å². The van der Waals surface area contributed by atoms with Gasteiger partial charge in [0.1, 0.15) is 0 Å². The van der Waals surface area contributed by atoms with Crippen molar-refractivity contribution >= 4 is 61.7 Å². The summed E-state index contributed by atoms with van der Waals surface area (Å²) in [6.45, 7) is 0. The van der Waals surface area contributed by atoms with Gasteiger partial charge in [-0.15, -0.1) is 23.1 Å². The summed E-state index contributed by atoms with van der Waals surface area (Å²) in [7, 11) is 0. The van der Waals surface area contributed by atoms with Crippen molar-refractivity contribution in [2.24, 2.45) is 5.92 Å². The molecule has 2 N–H and O–H groups in total. The highest BCUT2D eigenvalue weighted by Crippen LogP contribution is 2.28. The van der Waals surface area contributed by atoms with Crippen molar-refractivity contribution in [3.8, 4) is 11.3 Å². The first kappa shape index (κ1) is 23.0. The van der Waals surface area contributed by atoms with Crippen LogP contribution in [-0.2, 0) is 9.59 Å². The van der Waals surface area contributed by atoms with E-state index in [1.165, 1.54) is 29.5 Å². The standard InChI is InChI=1S/C24H24BrN3O2S2/c25-18-11-9-16(10-12-18)21-14-32-24(27-21)28-22(29)15-31-20-8-4-7-19(13-20)26-23(30)17-5-2-1-3-6-17/h4,7-14,17H,1-3,5-6,15H2,(H,26,30)(H,27,28,29). The lowest BCUT2D eigenvalue weighted by Crippen LogP contribution is -2.24. The Bertz CT molecular complexity index is 1080. The Morgan fingerprint density at radius 3 is 2.62 bits per heavy atom. The maximum Gasteiger partial charge on any atom is 0.236 e. The number of hydrogen-bond acceptors (Lipinski definition) is 5. The minimum absolute atomic E-state index is 0.106. The molecule has 0 unspecified atom stereocenters. The number of carbonyl (C=O) groups excluding carboxylic acids is 2. The first-order chi connectivity index (χ1) is 15.6. The summed E-state index contributed by atoms with van der Waals surface area (Å²) >= 11 is 6.28. The van der Waals surface area contributed by atoms with Gasteiger partial charge >= 0.3 is 0 Å². The Kier molecular flexibility index (Phi) is 8.00. The van der Waals surface area contributed by atoms with Crippen LogP contribution >= 0.6 is 39.0 Å². The summed E-state index contributed by atoms with van der Waals surface area (Å²) in [5, 5.41) is 8.43. The van der Waals surface area contributed by atoms with Gasteiger partial charge < -0.3 is 10.6 Å². The van der Waals surface area contributed by atoms with Crippen LogP contribution in [0.25, 0.3) is 11.3 Å². The van der Waals surface area contributed by atoms with Gasteiger partial charge in [-0.1, -0.05) is 53.4 Å². The molecule has 2 aromatic carbocycles. The minimum Gasteiger partial charge on any atom is -0.326 e. The first-order valence-electron chi connectivity index (χ1n) is 10.6. The predicted molar refractivity (Wildman–Crippen MR) is 136 cm³/mol. The molecule has 1 aromatic heterocycles. The summed E-state index contributed by atoms with van der Waals surface area (Å²) < 4.78 is 1.01. The molecule has 1 aliphatic carbocycles. The number of hydrogen-bond donors (Lipinski definition) is 2. The van der Waals surface area contributed by atoms with Crippen molar-refractivity contribution < 1.29 is 9.59 Å². The quantitative estimate of drug-likeness (QED) is 0.329.